The Balaban J connectivity index is 0.00000256. The van der Waals surface area contributed by atoms with Crippen LogP contribution in [0.4, 0.5) is 5.69 Å². The van der Waals surface area contributed by atoms with Gasteiger partial charge in [0.15, 0.2) is 6.61 Å². The summed E-state index contributed by atoms with van der Waals surface area (Å²) in [6.07, 6.45) is 0. The number of nitrogens with two attached hydrogens (primary N) is 1. The van der Waals surface area contributed by atoms with E-state index in [0.29, 0.717) is 11.4 Å². The lowest BCUT2D eigenvalue weighted by atomic mass is 10.2. The van der Waals surface area contributed by atoms with Gasteiger partial charge in [0.1, 0.15) is 11.4 Å². The maximum atomic E-state index is 11.3. The maximum absolute atomic E-state index is 11.3. The van der Waals surface area contributed by atoms with Gasteiger partial charge in [-0.15, -0.1) is 12.4 Å². The average Bonchev–Trinajstić information content (AvgIpc) is 2.14. The molecular formula is C12H18ClNO3. The summed E-state index contributed by atoms with van der Waals surface area (Å²) in [5.41, 5.74) is 5.69. The number of anilines is 1. The summed E-state index contributed by atoms with van der Waals surface area (Å²) in [6.45, 7) is 5.34. The van der Waals surface area contributed by atoms with Crippen molar-refractivity contribution in [2.24, 2.45) is 0 Å². The van der Waals surface area contributed by atoms with Gasteiger partial charge in [-0.25, -0.2) is 4.79 Å². The van der Waals surface area contributed by atoms with Gasteiger partial charge < -0.3 is 15.2 Å². The molecule has 0 bridgehead atoms. The van der Waals surface area contributed by atoms with Gasteiger partial charge in [0.25, 0.3) is 0 Å². The lowest BCUT2D eigenvalue weighted by Crippen LogP contribution is -2.27. The van der Waals surface area contributed by atoms with Gasteiger partial charge in [-0.05, 0) is 45.0 Å². The Morgan fingerprint density at radius 3 is 2.24 bits per heavy atom. The summed E-state index contributed by atoms with van der Waals surface area (Å²) in [7, 11) is 0. The van der Waals surface area contributed by atoms with Gasteiger partial charge in [0, 0.05) is 5.69 Å². The van der Waals surface area contributed by atoms with E-state index in [1.807, 2.05) is 20.8 Å². The van der Waals surface area contributed by atoms with E-state index in [-0.39, 0.29) is 25.0 Å². The Kier molecular flexibility index (Phi) is 5.82. The molecule has 0 aliphatic rings. The number of hydrogen-bond acceptors (Lipinski definition) is 4. The number of hydrogen-bond donors (Lipinski definition) is 1. The number of carbonyl (C=O) groups is 1. The SMILES string of the molecule is CC(C)(C)OC(=O)COc1ccc(N)cc1.Cl. The molecule has 1 rings (SSSR count). The molecule has 2 N–H and O–H groups in total. The molecule has 0 heterocycles. The summed E-state index contributed by atoms with van der Waals surface area (Å²) in [5, 5.41) is 0. The van der Waals surface area contributed by atoms with Gasteiger partial charge in [0.05, 0.1) is 0 Å². The molecule has 1 aromatic rings. The lowest BCUT2D eigenvalue weighted by Gasteiger charge is -2.19. The van der Waals surface area contributed by atoms with Crippen molar-refractivity contribution < 1.29 is 14.3 Å². The number of esters is 1. The number of halogens is 1. The van der Waals surface area contributed by atoms with Crippen LogP contribution in [0.1, 0.15) is 20.8 Å². The topological polar surface area (TPSA) is 61.5 Å². The van der Waals surface area contributed by atoms with Gasteiger partial charge in [-0.1, -0.05) is 0 Å². The van der Waals surface area contributed by atoms with E-state index in [9.17, 15) is 4.79 Å². The van der Waals surface area contributed by atoms with Crippen LogP contribution in [0.15, 0.2) is 24.3 Å². The number of nitrogen functional groups attached to an aromatic ring is 1. The minimum Gasteiger partial charge on any atom is -0.482 e. The Labute approximate surface area is 108 Å². The van der Waals surface area contributed by atoms with Crippen molar-refractivity contribution >= 4 is 24.1 Å². The average molecular weight is 260 g/mol. The van der Waals surface area contributed by atoms with Crippen molar-refractivity contribution in [2.45, 2.75) is 26.4 Å². The lowest BCUT2D eigenvalue weighted by molar-refractivity contribution is -0.157. The van der Waals surface area contributed by atoms with E-state index in [1.54, 1.807) is 24.3 Å². The molecule has 0 aromatic heterocycles. The van der Waals surface area contributed by atoms with Crippen LogP contribution in [0.2, 0.25) is 0 Å². The zero-order chi connectivity index (χ0) is 12.2. The normalized spacial score (nSPS) is 10.3. The summed E-state index contributed by atoms with van der Waals surface area (Å²) >= 11 is 0. The number of carbonyl (C=O) groups excluding carboxylic acids is 1. The predicted molar refractivity (Wildman–Crippen MR) is 69.4 cm³/mol. The van der Waals surface area contributed by atoms with E-state index < -0.39 is 5.60 Å². The zero-order valence-electron chi connectivity index (χ0n) is 10.2. The first-order chi connectivity index (χ1) is 7.37. The monoisotopic (exact) mass is 259 g/mol. The third-order valence-corrected chi connectivity index (χ3v) is 1.66. The van der Waals surface area contributed by atoms with Crippen molar-refractivity contribution in [1.82, 2.24) is 0 Å². The summed E-state index contributed by atoms with van der Waals surface area (Å²) in [4.78, 5) is 11.3. The minimum atomic E-state index is -0.485. The van der Waals surface area contributed by atoms with E-state index in [1.165, 1.54) is 0 Å². The molecule has 0 fully saturated rings. The molecule has 0 unspecified atom stereocenters. The standard InChI is InChI=1S/C12H17NO3.ClH/c1-12(2,3)16-11(14)8-15-10-6-4-9(13)5-7-10;/h4-7H,8,13H2,1-3H3;1H. The molecule has 17 heavy (non-hydrogen) atoms. The molecule has 0 saturated heterocycles. The highest BCUT2D eigenvalue weighted by atomic mass is 35.5. The molecule has 0 spiro atoms. The fourth-order valence-electron chi connectivity index (χ4n) is 1.08. The van der Waals surface area contributed by atoms with Crippen molar-refractivity contribution in [3.05, 3.63) is 24.3 Å². The molecule has 0 atom stereocenters. The van der Waals surface area contributed by atoms with E-state index in [2.05, 4.69) is 0 Å². The third kappa shape index (κ3) is 6.68. The molecule has 0 aliphatic heterocycles. The van der Waals surface area contributed by atoms with E-state index in [4.69, 9.17) is 15.2 Å². The van der Waals surface area contributed by atoms with Crippen molar-refractivity contribution in [3.63, 3.8) is 0 Å². The Hall–Kier alpha value is -1.42. The Morgan fingerprint density at radius 1 is 1.24 bits per heavy atom. The van der Waals surface area contributed by atoms with Crippen LogP contribution in [0.25, 0.3) is 0 Å². The van der Waals surface area contributed by atoms with E-state index in [0.717, 1.165) is 0 Å². The fraction of sp³-hybridized carbons (Fsp3) is 0.417. The quantitative estimate of drug-likeness (QED) is 0.669. The van der Waals surface area contributed by atoms with Gasteiger partial charge >= 0.3 is 5.97 Å². The predicted octanol–water partition coefficient (Wildman–Crippen LogP) is 2.41. The smallest absolute Gasteiger partial charge is 0.344 e. The molecule has 0 radical (unpaired) electrons. The van der Waals surface area contributed by atoms with Crippen LogP contribution in [-0.4, -0.2) is 18.2 Å². The molecular weight excluding hydrogens is 242 g/mol. The second-order valence-electron chi connectivity index (χ2n) is 4.44. The van der Waals surface area contributed by atoms with Gasteiger partial charge in [-0.2, -0.15) is 0 Å². The van der Waals surface area contributed by atoms with Crippen LogP contribution in [0.3, 0.4) is 0 Å². The van der Waals surface area contributed by atoms with Crippen molar-refractivity contribution in [3.8, 4) is 5.75 Å². The minimum absolute atomic E-state index is 0. The van der Waals surface area contributed by atoms with Crippen LogP contribution in [0.5, 0.6) is 5.75 Å². The van der Waals surface area contributed by atoms with Gasteiger partial charge in [-0.3, -0.25) is 0 Å². The third-order valence-electron chi connectivity index (χ3n) is 1.66. The fourth-order valence-corrected chi connectivity index (χ4v) is 1.08. The Morgan fingerprint density at radius 2 is 1.76 bits per heavy atom. The molecule has 5 heteroatoms. The first-order valence-corrected chi connectivity index (χ1v) is 5.07. The first kappa shape index (κ1) is 15.6. The van der Waals surface area contributed by atoms with Gasteiger partial charge in [0.2, 0.25) is 0 Å². The molecule has 1 aromatic carbocycles. The molecule has 0 aliphatic carbocycles. The highest BCUT2D eigenvalue weighted by molar-refractivity contribution is 5.85. The van der Waals surface area contributed by atoms with Crippen LogP contribution in [-0.2, 0) is 9.53 Å². The summed E-state index contributed by atoms with van der Waals surface area (Å²) in [5.74, 6) is 0.212. The van der Waals surface area contributed by atoms with Crippen LogP contribution in [0, 0.1) is 0 Å². The van der Waals surface area contributed by atoms with Crippen molar-refractivity contribution in [1.29, 1.82) is 0 Å². The van der Waals surface area contributed by atoms with E-state index >= 15 is 0 Å². The number of ether oxygens (including phenoxy) is 2. The number of rotatable bonds is 3. The van der Waals surface area contributed by atoms with Crippen LogP contribution < -0.4 is 10.5 Å². The summed E-state index contributed by atoms with van der Waals surface area (Å²) in [6, 6.07) is 6.84. The highest BCUT2D eigenvalue weighted by Gasteiger charge is 2.16. The molecule has 96 valence electrons. The summed E-state index contributed by atoms with van der Waals surface area (Å²) < 4.78 is 10.3. The molecule has 4 nitrogen and oxygen atoms in total. The Bertz CT molecular complexity index is 357. The molecule has 0 amide bonds. The molecule has 0 saturated carbocycles. The highest BCUT2D eigenvalue weighted by Crippen LogP contribution is 2.13. The zero-order valence-corrected chi connectivity index (χ0v) is 11.0. The maximum Gasteiger partial charge on any atom is 0.344 e. The largest absolute Gasteiger partial charge is 0.482 e. The van der Waals surface area contributed by atoms with Crippen LogP contribution >= 0.6 is 12.4 Å². The first-order valence-electron chi connectivity index (χ1n) is 5.07. The van der Waals surface area contributed by atoms with Crippen molar-refractivity contribution in [2.75, 3.05) is 12.3 Å². The number of benzene rings is 1. The second kappa shape index (κ2) is 6.35. The second-order valence-corrected chi connectivity index (χ2v) is 4.44.